The number of amides is 2. The predicted molar refractivity (Wildman–Crippen MR) is 89.5 cm³/mol. The zero-order chi connectivity index (χ0) is 16.4. The van der Waals surface area contributed by atoms with Crippen LogP contribution in [0.5, 0.6) is 0 Å². The number of carbonyl (C=O) groups excluding carboxylic acids is 2. The maximum absolute atomic E-state index is 12.5. The van der Waals surface area contributed by atoms with Gasteiger partial charge < -0.3 is 15.5 Å². The van der Waals surface area contributed by atoms with E-state index in [0.717, 1.165) is 25.9 Å². The van der Waals surface area contributed by atoms with E-state index < -0.39 is 0 Å². The van der Waals surface area contributed by atoms with Crippen molar-refractivity contribution < 1.29 is 9.59 Å². The summed E-state index contributed by atoms with van der Waals surface area (Å²) in [5, 5.41) is 6.26. The molecule has 0 aromatic rings. The molecule has 5 nitrogen and oxygen atoms in total. The van der Waals surface area contributed by atoms with E-state index in [-0.39, 0.29) is 18.4 Å². The van der Waals surface area contributed by atoms with Crippen molar-refractivity contribution in [2.45, 2.75) is 52.9 Å². The van der Waals surface area contributed by atoms with Crippen molar-refractivity contribution in [1.82, 2.24) is 15.5 Å². The van der Waals surface area contributed by atoms with Gasteiger partial charge in [0.05, 0.1) is 6.54 Å². The fourth-order valence-electron chi connectivity index (χ4n) is 2.99. The van der Waals surface area contributed by atoms with Crippen molar-refractivity contribution >= 4 is 11.8 Å². The van der Waals surface area contributed by atoms with Crippen molar-refractivity contribution in [3.63, 3.8) is 0 Å². The van der Waals surface area contributed by atoms with Crippen molar-refractivity contribution in [3.05, 3.63) is 0 Å². The Morgan fingerprint density at radius 3 is 2.68 bits per heavy atom. The van der Waals surface area contributed by atoms with Gasteiger partial charge in [0.2, 0.25) is 11.8 Å². The molecule has 2 N–H and O–H groups in total. The molecule has 1 heterocycles. The van der Waals surface area contributed by atoms with Gasteiger partial charge in [-0.15, -0.1) is 0 Å². The predicted octanol–water partition coefficient (Wildman–Crippen LogP) is 1.78. The number of piperidine rings is 1. The molecule has 2 atom stereocenters. The molecule has 0 aromatic carbocycles. The van der Waals surface area contributed by atoms with Crippen LogP contribution < -0.4 is 10.6 Å². The summed E-state index contributed by atoms with van der Waals surface area (Å²) in [6, 6.07) is 0. The largest absolute Gasteiger partial charge is 0.355 e. The van der Waals surface area contributed by atoms with Crippen LogP contribution in [-0.4, -0.2) is 49.4 Å². The Bertz CT molecular complexity index is 341. The van der Waals surface area contributed by atoms with Crippen molar-refractivity contribution in [2.75, 3.05) is 32.7 Å². The Balaban J connectivity index is 2.47. The minimum absolute atomic E-state index is 0.0457. The van der Waals surface area contributed by atoms with Crippen LogP contribution in [0.25, 0.3) is 0 Å². The smallest absolute Gasteiger partial charge is 0.239 e. The topological polar surface area (TPSA) is 61.4 Å². The van der Waals surface area contributed by atoms with Gasteiger partial charge in [-0.3, -0.25) is 9.59 Å². The van der Waals surface area contributed by atoms with E-state index in [1.807, 2.05) is 13.8 Å². The molecule has 0 radical (unpaired) electrons. The minimum Gasteiger partial charge on any atom is -0.355 e. The van der Waals surface area contributed by atoms with Gasteiger partial charge in [0, 0.05) is 19.5 Å². The molecule has 1 aliphatic rings. The molecule has 2 amide bonds. The molecule has 0 bridgehead atoms. The first kappa shape index (κ1) is 18.9. The lowest BCUT2D eigenvalue weighted by molar-refractivity contribution is -0.137. The summed E-state index contributed by atoms with van der Waals surface area (Å²) >= 11 is 0. The molecular weight excluding hydrogens is 278 g/mol. The maximum atomic E-state index is 12.5. The lowest BCUT2D eigenvalue weighted by Gasteiger charge is -2.30. The summed E-state index contributed by atoms with van der Waals surface area (Å²) < 4.78 is 0. The second-order valence-corrected chi connectivity index (χ2v) is 6.45. The lowest BCUT2D eigenvalue weighted by atomic mass is 9.85. The van der Waals surface area contributed by atoms with E-state index in [4.69, 9.17) is 0 Å². The number of nitrogens with zero attached hydrogens (tertiary/aromatic N) is 1. The third-order valence-corrected chi connectivity index (χ3v) is 4.39. The van der Waals surface area contributed by atoms with Gasteiger partial charge in [0.1, 0.15) is 0 Å². The van der Waals surface area contributed by atoms with Crippen molar-refractivity contribution in [1.29, 1.82) is 0 Å². The van der Waals surface area contributed by atoms with E-state index in [1.165, 1.54) is 12.8 Å². The zero-order valence-corrected chi connectivity index (χ0v) is 14.5. The van der Waals surface area contributed by atoms with Crippen molar-refractivity contribution in [2.24, 2.45) is 11.8 Å². The van der Waals surface area contributed by atoms with Crippen LogP contribution in [0, 0.1) is 11.8 Å². The second-order valence-electron chi connectivity index (χ2n) is 6.45. The molecule has 0 saturated carbocycles. The average Bonchev–Trinajstić information content (AvgIpc) is 2.53. The first-order valence-corrected chi connectivity index (χ1v) is 8.83. The fourth-order valence-corrected chi connectivity index (χ4v) is 2.99. The highest BCUT2D eigenvalue weighted by Crippen LogP contribution is 2.23. The molecule has 128 valence electrons. The average molecular weight is 311 g/mol. The summed E-state index contributed by atoms with van der Waals surface area (Å²) in [4.78, 5) is 26.1. The Kier molecular flexibility index (Phi) is 9.13. The Labute approximate surface area is 135 Å². The summed E-state index contributed by atoms with van der Waals surface area (Å²) in [6.07, 6.45) is 4.74. The summed E-state index contributed by atoms with van der Waals surface area (Å²) in [5.74, 6) is 1.02. The number of nitrogens with one attached hydrogen (secondary N) is 2. The SMILES string of the molecule is CCCNC(=O)CN(CCC)C(=O)CC(C)C1CCCNC1. The minimum atomic E-state index is -0.0457. The molecule has 0 aromatic heterocycles. The number of carbonyl (C=O) groups is 2. The Morgan fingerprint density at radius 2 is 2.09 bits per heavy atom. The van der Waals surface area contributed by atoms with Crippen LogP contribution in [0.2, 0.25) is 0 Å². The molecule has 0 spiro atoms. The van der Waals surface area contributed by atoms with Crippen LogP contribution in [0.1, 0.15) is 52.9 Å². The molecule has 1 fully saturated rings. The third kappa shape index (κ3) is 6.77. The van der Waals surface area contributed by atoms with Gasteiger partial charge in [0.25, 0.3) is 0 Å². The van der Waals surface area contributed by atoms with Gasteiger partial charge in [-0.05, 0) is 50.6 Å². The zero-order valence-electron chi connectivity index (χ0n) is 14.5. The van der Waals surface area contributed by atoms with E-state index in [2.05, 4.69) is 17.6 Å². The molecule has 0 aliphatic carbocycles. The molecule has 22 heavy (non-hydrogen) atoms. The van der Waals surface area contributed by atoms with Crippen LogP contribution in [0.3, 0.4) is 0 Å². The highest BCUT2D eigenvalue weighted by atomic mass is 16.2. The van der Waals surface area contributed by atoms with Crippen molar-refractivity contribution in [3.8, 4) is 0 Å². The molecular formula is C17H33N3O2. The third-order valence-electron chi connectivity index (χ3n) is 4.39. The van der Waals surface area contributed by atoms with E-state index in [9.17, 15) is 9.59 Å². The molecule has 5 heteroatoms. The van der Waals surface area contributed by atoms with Crippen LogP contribution in [-0.2, 0) is 9.59 Å². The summed E-state index contributed by atoms with van der Waals surface area (Å²) in [5.41, 5.74) is 0. The number of rotatable bonds is 9. The Morgan fingerprint density at radius 1 is 1.32 bits per heavy atom. The monoisotopic (exact) mass is 311 g/mol. The highest BCUT2D eigenvalue weighted by molar-refractivity contribution is 5.84. The lowest BCUT2D eigenvalue weighted by Crippen LogP contribution is -2.42. The molecule has 1 saturated heterocycles. The molecule has 1 aliphatic heterocycles. The van der Waals surface area contributed by atoms with Gasteiger partial charge in [-0.2, -0.15) is 0 Å². The molecule has 1 rings (SSSR count). The summed E-state index contributed by atoms with van der Waals surface area (Å²) in [7, 11) is 0. The van der Waals surface area contributed by atoms with E-state index in [0.29, 0.717) is 31.3 Å². The fraction of sp³-hybridized carbons (Fsp3) is 0.882. The van der Waals surface area contributed by atoms with Gasteiger partial charge in [-0.1, -0.05) is 20.8 Å². The van der Waals surface area contributed by atoms with E-state index >= 15 is 0 Å². The normalized spacial score (nSPS) is 19.5. The van der Waals surface area contributed by atoms with Crippen LogP contribution in [0.15, 0.2) is 0 Å². The summed E-state index contributed by atoms with van der Waals surface area (Å²) in [6.45, 7) is 9.87. The first-order chi connectivity index (χ1) is 10.6. The van der Waals surface area contributed by atoms with Gasteiger partial charge in [-0.25, -0.2) is 0 Å². The molecule has 2 unspecified atom stereocenters. The second kappa shape index (κ2) is 10.6. The number of hydrogen-bond donors (Lipinski definition) is 2. The first-order valence-electron chi connectivity index (χ1n) is 8.83. The quantitative estimate of drug-likeness (QED) is 0.682. The van der Waals surface area contributed by atoms with E-state index in [1.54, 1.807) is 4.90 Å². The van der Waals surface area contributed by atoms with Gasteiger partial charge in [0.15, 0.2) is 0 Å². The van der Waals surface area contributed by atoms with Crippen LogP contribution >= 0.6 is 0 Å². The highest BCUT2D eigenvalue weighted by Gasteiger charge is 2.24. The van der Waals surface area contributed by atoms with Gasteiger partial charge >= 0.3 is 0 Å². The number of hydrogen-bond acceptors (Lipinski definition) is 3. The standard InChI is InChI=1S/C17H33N3O2/c1-4-8-19-16(21)13-20(10-5-2)17(22)11-14(3)15-7-6-9-18-12-15/h14-15,18H,4-13H2,1-3H3,(H,19,21). The maximum Gasteiger partial charge on any atom is 0.239 e. The van der Waals surface area contributed by atoms with Crippen LogP contribution in [0.4, 0.5) is 0 Å². The Hall–Kier alpha value is -1.10.